The number of rotatable bonds is 2. The number of allylic oxidation sites excluding steroid dienone is 2. The van der Waals surface area contributed by atoms with Crippen molar-refractivity contribution in [3.63, 3.8) is 0 Å². The van der Waals surface area contributed by atoms with Crippen molar-refractivity contribution >= 4 is 11.5 Å². The van der Waals surface area contributed by atoms with E-state index in [1.165, 1.54) is 5.56 Å². The number of carbonyl (C=O) groups is 1. The van der Waals surface area contributed by atoms with E-state index in [0.29, 0.717) is 17.0 Å². The molecule has 1 aromatic carbocycles. The van der Waals surface area contributed by atoms with Gasteiger partial charge < -0.3 is 16.4 Å². The van der Waals surface area contributed by atoms with E-state index >= 15 is 0 Å². The fourth-order valence-electron chi connectivity index (χ4n) is 3.03. The molecule has 0 radical (unpaired) electrons. The first kappa shape index (κ1) is 12.9. The van der Waals surface area contributed by atoms with E-state index in [4.69, 9.17) is 5.73 Å². The largest absolute Gasteiger partial charge is 0.396 e. The van der Waals surface area contributed by atoms with E-state index in [1.807, 2.05) is 4.90 Å². The van der Waals surface area contributed by atoms with Gasteiger partial charge in [0.25, 0.3) is 0 Å². The Balaban J connectivity index is 2.14. The third kappa shape index (κ3) is 1.55. The molecule has 0 unspecified atom stereocenters. The number of ketones is 1. The van der Waals surface area contributed by atoms with Crippen molar-refractivity contribution in [2.24, 2.45) is 5.73 Å². The van der Waals surface area contributed by atoms with E-state index in [9.17, 15) is 4.79 Å². The first-order valence-corrected chi connectivity index (χ1v) is 6.80. The van der Waals surface area contributed by atoms with Crippen LogP contribution in [0.4, 0.5) is 5.69 Å². The van der Waals surface area contributed by atoms with Gasteiger partial charge in [-0.1, -0.05) is 32.6 Å². The molecular weight excluding hydrogens is 250 g/mol. The quantitative estimate of drug-likeness (QED) is 0.782. The van der Waals surface area contributed by atoms with Crippen molar-refractivity contribution < 1.29 is 10.5 Å². The van der Waals surface area contributed by atoms with Crippen LogP contribution in [0.5, 0.6) is 0 Å². The molecular formula is C16H20N3O+. The van der Waals surface area contributed by atoms with Crippen LogP contribution in [0.1, 0.15) is 25.0 Å². The van der Waals surface area contributed by atoms with Crippen molar-refractivity contribution in [2.45, 2.75) is 25.8 Å². The molecule has 5 N–H and O–H groups in total. The number of hydrogen-bond donors (Lipinski definition) is 2. The Morgan fingerprint density at radius 3 is 2.75 bits per heavy atom. The van der Waals surface area contributed by atoms with Crippen LogP contribution in [-0.4, -0.2) is 12.3 Å². The Morgan fingerprint density at radius 2 is 2.15 bits per heavy atom. The third-order valence-electron chi connectivity index (χ3n) is 4.26. The highest BCUT2D eigenvalue weighted by molar-refractivity contribution is 6.21. The molecule has 104 valence electrons. The molecule has 3 rings (SSSR count). The Labute approximate surface area is 118 Å². The summed E-state index contributed by atoms with van der Waals surface area (Å²) in [6.07, 6.45) is 0. The monoisotopic (exact) mass is 270 g/mol. The summed E-state index contributed by atoms with van der Waals surface area (Å²) in [4.78, 5) is 14.1. The zero-order valence-electron chi connectivity index (χ0n) is 12.0. The van der Waals surface area contributed by atoms with E-state index < -0.39 is 0 Å². The van der Waals surface area contributed by atoms with Crippen LogP contribution in [0, 0.1) is 0 Å². The van der Waals surface area contributed by atoms with Gasteiger partial charge in [0, 0.05) is 28.8 Å². The standard InChI is InChI=1S/C16H19N3O/c1-9-13(18)14(15(9)20)19-8-16(2,3)11-5-4-10(7-17)6-12(11)19/h4-6H,1,7-8,17-18H2,2-3H3/p+1. The summed E-state index contributed by atoms with van der Waals surface area (Å²) in [6, 6.07) is 6.37. The first-order valence-electron chi connectivity index (χ1n) is 6.80. The highest BCUT2D eigenvalue weighted by Crippen LogP contribution is 2.45. The molecule has 0 atom stereocenters. The minimum atomic E-state index is -0.0359. The van der Waals surface area contributed by atoms with Gasteiger partial charge in [0.1, 0.15) is 5.70 Å². The molecule has 1 heterocycles. The molecule has 0 aromatic heterocycles. The van der Waals surface area contributed by atoms with Crippen molar-refractivity contribution in [2.75, 3.05) is 11.4 Å². The molecule has 0 saturated carbocycles. The van der Waals surface area contributed by atoms with Crippen molar-refractivity contribution in [1.29, 1.82) is 0 Å². The molecule has 4 heteroatoms. The molecule has 1 aliphatic carbocycles. The molecule has 4 nitrogen and oxygen atoms in total. The average Bonchev–Trinajstić information content (AvgIpc) is 2.69. The van der Waals surface area contributed by atoms with Gasteiger partial charge in [-0.3, -0.25) is 4.79 Å². The van der Waals surface area contributed by atoms with Crippen LogP contribution in [0.15, 0.2) is 41.7 Å². The average molecular weight is 270 g/mol. The van der Waals surface area contributed by atoms with Crippen molar-refractivity contribution in [1.82, 2.24) is 0 Å². The lowest BCUT2D eigenvalue weighted by Crippen LogP contribution is -2.47. The molecule has 0 amide bonds. The number of Topliss-reactive ketones (excluding diaryl/α,β-unsaturated/α-hetero) is 1. The highest BCUT2D eigenvalue weighted by atomic mass is 16.1. The Kier molecular flexibility index (Phi) is 2.56. The van der Waals surface area contributed by atoms with Crippen LogP contribution in [0.25, 0.3) is 0 Å². The Bertz CT molecular complexity index is 670. The van der Waals surface area contributed by atoms with Gasteiger partial charge in [0.05, 0.1) is 12.2 Å². The van der Waals surface area contributed by atoms with Gasteiger partial charge in [-0.2, -0.15) is 0 Å². The number of fused-ring (bicyclic) bond motifs is 1. The molecule has 0 bridgehead atoms. The zero-order valence-corrected chi connectivity index (χ0v) is 12.0. The summed E-state index contributed by atoms with van der Waals surface area (Å²) in [7, 11) is 0. The van der Waals surface area contributed by atoms with Gasteiger partial charge in [-0.15, -0.1) is 0 Å². The van der Waals surface area contributed by atoms with Crippen LogP contribution in [0.2, 0.25) is 0 Å². The van der Waals surface area contributed by atoms with Crippen molar-refractivity contribution in [3.05, 3.63) is 52.9 Å². The second-order valence-corrected chi connectivity index (χ2v) is 6.14. The third-order valence-corrected chi connectivity index (χ3v) is 4.26. The maximum Gasteiger partial charge on any atom is 0.213 e. The van der Waals surface area contributed by atoms with Gasteiger partial charge in [0.2, 0.25) is 5.78 Å². The number of nitrogens with zero attached hydrogens (tertiary/aromatic N) is 1. The van der Waals surface area contributed by atoms with Gasteiger partial charge in [-0.25, -0.2) is 0 Å². The summed E-state index contributed by atoms with van der Waals surface area (Å²) in [6.45, 7) is 9.57. The van der Waals surface area contributed by atoms with E-state index in [2.05, 4.69) is 44.4 Å². The topological polar surface area (TPSA) is 74.0 Å². The Morgan fingerprint density at radius 1 is 1.45 bits per heavy atom. The zero-order chi connectivity index (χ0) is 14.7. The van der Waals surface area contributed by atoms with E-state index in [-0.39, 0.29) is 11.2 Å². The number of benzene rings is 1. The maximum absolute atomic E-state index is 12.0. The summed E-state index contributed by atoms with van der Waals surface area (Å²) in [5.41, 5.74) is 14.9. The molecule has 20 heavy (non-hydrogen) atoms. The number of nitrogens with two attached hydrogens (primary N) is 1. The van der Waals surface area contributed by atoms with Crippen LogP contribution >= 0.6 is 0 Å². The van der Waals surface area contributed by atoms with Crippen LogP contribution in [0.3, 0.4) is 0 Å². The van der Waals surface area contributed by atoms with Gasteiger partial charge in [0.15, 0.2) is 0 Å². The lowest BCUT2D eigenvalue weighted by Gasteiger charge is -2.31. The van der Waals surface area contributed by atoms with E-state index in [0.717, 1.165) is 24.3 Å². The summed E-state index contributed by atoms with van der Waals surface area (Å²) in [5.74, 6) is -0.0359. The second kappa shape index (κ2) is 3.96. The highest BCUT2D eigenvalue weighted by Gasteiger charge is 2.43. The van der Waals surface area contributed by atoms with Gasteiger partial charge >= 0.3 is 0 Å². The minimum Gasteiger partial charge on any atom is -0.396 e. The SMILES string of the molecule is C=C1C(=O)C(N2CC(C)(C)c3ccc(C[NH3+])cc32)=C1N. The first-order chi connectivity index (χ1) is 9.36. The second-order valence-electron chi connectivity index (χ2n) is 6.14. The Hall–Kier alpha value is -2.07. The fraction of sp³-hybridized carbons (Fsp3) is 0.312. The lowest BCUT2D eigenvalue weighted by molar-refractivity contribution is -0.386. The molecule has 1 aliphatic heterocycles. The molecule has 1 aromatic rings. The van der Waals surface area contributed by atoms with E-state index in [1.54, 1.807) is 0 Å². The van der Waals surface area contributed by atoms with Gasteiger partial charge in [-0.05, 0) is 11.6 Å². The fourth-order valence-corrected chi connectivity index (χ4v) is 3.03. The summed E-state index contributed by atoms with van der Waals surface area (Å²) < 4.78 is 0. The van der Waals surface area contributed by atoms with Crippen molar-refractivity contribution in [3.8, 4) is 0 Å². The molecule has 0 saturated heterocycles. The number of carbonyl (C=O) groups excluding carboxylic acids is 1. The summed E-state index contributed by atoms with van der Waals surface area (Å²) in [5, 5.41) is 0. The number of anilines is 1. The number of hydrogen-bond acceptors (Lipinski definition) is 3. The lowest BCUT2D eigenvalue weighted by atomic mass is 9.86. The van der Waals surface area contributed by atoms with Crippen LogP contribution < -0.4 is 16.4 Å². The minimum absolute atomic E-state index is 0.000479. The molecule has 2 aliphatic rings. The number of quaternary nitrogens is 1. The predicted molar refractivity (Wildman–Crippen MR) is 78.8 cm³/mol. The summed E-state index contributed by atoms with van der Waals surface area (Å²) >= 11 is 0. The maximum atomic E-state index is 12.0. The molecule has 0 spiro atoms. The smallest absolute Gasteiger partial charge is 0.213 e. The predicted octanol–water partition coefficient (Wildman–Crippen LogP) is 0.835. The van der Waals surface area contributed by atoms with Crippen LogP contribution in [-0.2, 0) is 16.8 Å². The molecule has 0 fully saturated rings. The normalized spacial score (nSPS) is 20.2.